The van der Waals surface area contributed by atoms with E-state index in [0.29, 0.717) is 0 Å². The number of hydrogen-bond acceptors (Lipinski definition) is 3. The van der Waals surface area contributed by atoms with Gasteiger partial charge in [0.25, 0.3) is 0 Å². The van der Waals surface area contributed by atoms with E-state index in [0.717, 1.165) is 51.0 Å². The summed E-state index contributed by atoms with van der Waals surface area (Å²) in [6.45, 7) is 3.12. The minimum absolute atomic E-state index is 0.181. The third kappa shape index (κ3) is 6.38. The Balaban J connectivity index is 2.24. The highest BCUT2D eigenvalue weighted by atomic mass is 32.2. The maximum Gasteiger partial charge on any atom is 0.211 e. The van der Waals surface area contributed by atoms with Crippen molar-refractivity contribution in [1.82, 2.24) is 10.0 Å². The highest BCUT2D eigenvalue weighted by Gasteiger charge is 2.22. The first-order valence-electron chi connectivity index (χ1n) is 6.68. The summed E-state index contributed by atoms with van der Waals surface area (Å²) in [5.74, 6) is 1.02. The van der Waals surface area contributed by atoms with E-state index in [-0.39, 0.29) is 11.8 Å². The van der Waals surface area contributed by atoms with Crippen LogP contribution in [0.25, 0.3) is 0 Å². The van der Waals surface area contributed by atoms with Gasteiger partial charge >= 0.3 is 0 Å². The molecular weight excluding hydrogens is 236 g/mol. The Morgan fingerprint density at radius 2 is 1.76 bits per heavy atom. The fourth-order valence-corrected chi connectivity index (χ4v) is 3.73. The first-order chi connectivity index (χ1) is 8.03. The van der Waals surface area contributed by atoms with Gasteiger partial charge in [-0.2, -0.15) is 0 Å². The molecule has 0 aromatic heterocycles. The zero-order valence-corrected chi connectivity index (χ0v) is 11.9. The molecule has 0 radical (unpaired) electrons. The molecule has 1 saturated carbocycles. The smallest absolute Gasteiger partial charge is 0.211 e. The number of hydrogen-bond donors (Lipinski definition) is 2. The number of nitrogens with one attached hydrogen (secondary N) is 2. The quantitative estimate of drug-likeness (QED) is 0.683. The van der Waals surface area contributed by atoms with Gasteiger partial charge < -0.3 is 5.32 Å². The summed E-state index contributed by atoms with van der Waals surface area (Å²) in [7, 11) is -1.17. The zero-order chi connectivity index (χ0) is 12.7. The van der Waals surface area contributed by atoms with Gasteiger partial charge in [0, 0.05) is 6.04 Å². The molecule has 4 nitrogen and oxygen atoms in total. The maximum absolute atomic E-state index is 11.8. The molecule has 0 heterocycles. The van der Waals surface area contributed by atoms with Crippen molar-refractivity contribution in [1.29, 1.82) is 0 Å². The van der Waals surface area contributed by atoms with Gasteiger partial charge in [0.05, 0.1) is 5.75 Å². The highest BCUT2D eigenvalue weighted by Crippen LogP contribution is 2.23. The molecule has 0 amide bonds. The molecule has 0 aliphatic heterocycles. The first-order valence-corrected chi connectivity index (χ1v) is 8.33. The van der Waals surface area contributed by atoms with Crippen LogP contribution >= 0.6 is 0 Å². The standard InChI is InChI=1S/C12H26N2O2S/c1-11-5-7-12(8-6-11)14-17(15,16)10-4-3-9-13-2/h11-14H,3-10H2,1-2H3. The van der Waals surface area contributed by atoms with Crippen LogP contribution in [0.4, 0.5) is 0 Å². The van der Waals surface area contributed by atoms with Crippen molar-refractivity contribution in [3.8, 4) is 0 Å². The van der Waals surface area contributed by atoms with Crippen LogP contribution in [0.1, 0.15) is 45.4 Å². The van der Waals surface area contributed by atoms with Crippen LogP contribution in [-0.4, -0.2) is 33.8 Å². The average Bonchev–Trinajstić information content (AvgIpc) is 2.27. The summed E-state index contributed by atoms with van der Waals surface area (Å²) in [6, 6.07) is 0.181. The molecule has 0 unspecified atom stereocenters. The van der Waals surface area contributed by atoms with Crippen molar-refractivity contribution in [3.05, 3.63) is 0 Å². The summed E-state index contributed by atoms with van der Waals surface area (Å²) < 4.78 is 26.5. The molecule has 102 valence electrons. The zero-order valence-electron chi connectivity index (χ0n) is 11.0. The molecule has 0 bridgehead atoms. The summed E-state index contributed by atoms with van der Waals surface area (Å²) in [4.78, 5) is 0. The Morgan fingerprint density at radius 1 is 1.12 bits per heavy atom. The van der Waals surface area contributed by atoms with E-state index in [2.05, 4.69) is 17.0 Å². The van der Waals surface area contributed by atoms with Gasteiger partial charge in [-0.05, 0) is 58.0 Å². The van der Waals surface area contributed by atoms with Crippen LogP contribution in [0.3, 0.4) is 0 Å². The minimum Gasteiger partial charge on any atom is -0.320 e. The van der Waals surface area contributed by atoms with E-state index >= 15 is 0 Å². The predicted molar refractivity (Wildman–Crippen MR) is 71.5 cm³/mol. The SMILES string of the molecule is CNCCCCS(=O)(=O)NC1CCC(C)CC1. The van der Waals surface area contributed by atoms with E-state index in [9.17, 15) is 8.42 Å². The molecule has 0 aromatic carbocycles. The van der Waals surface area contributed by atoms with Gasteiger partial charge in [0.2, 0.25) is 10.0 Å². The van der Waals surface area contributed by atoms with E-state index in [4.69, 9.17) is 0 Å². The Morgan fingerprint density at radius 3 is 2.35 bits per heavy atom. The fraction of sp³-hybridized carbons (Fsp3) is 1.00. The predicted octanol–water partition coefficient (Wildman–Crippen LogP) is 1.48. The van der Waals surface area contributed by atoms with E-state index in [1.54, 1.807) is 0 Å². The van der Waals surface area contributed by atoms with Gasteiger partial charge in [-0.3, -0.25) is 0 Å². The summed E-state index contributed by atoms with van der Waals surface area (Å²) >= 11 is 0. The van der Waals surface area contributed by atoms with Crippen molar-refractivity contribution < 1.29 is 8.42 Å². The van der Waals surface area contributed by atoms with Crippen LogP contribution in [0, 0.1) is 5.92 Å². The van der Waals surface area contributed by atoms with Gasteiger partial charge in [0.15, 0.2) is 0 Å². The fourth-order valence-electron chi connectivity index (χ4n) is 2.28. The van der Waals surface area contributed by atoms with Crippen LogP contribution in [0.5, 0.6) is 0 Å². The third-order valence-electron chi connectivity index (χ3n) is 3.45. The summed E-state index contributed by atoms with van der Waals surface area (Å²) in [5.41, 5.74) is 0. The molecular formula is C12H26N2O2S. The topological polar surface area (TPSA) is 58.2 Å². The second-order valence-electron chi connectivity index (χ2n) is 5.20. The number of sulfonamides is 1. The lowest BCUT2D eigenvalue weighted by molar-refractivity contribution is 0.332. The molecule has 1 rings (SSSR count). The van der Waals surface area contributed by atoms with Crippen molar-refractivity contribution in [3.63, 3.8) is 0 Å². The van der Waals surface area contributed by atoms with Gasteiger partial charge in [-0.15, -0.1) is 0 Å². The van der Waals surface area contributed by atoms with Gasteiger partial charge in [0.1, 0.15) is 0 Å². The Kier molecular flexibility index (Phi) is 6.44. The first kappa shape index (κ1) is 14.9. The summed E-state index contributed by atoms with van der Waals surface area (Å²) in [5, 5.41) is 3.02. The lowest BCUT2D eigenvalue weighted by Gasteiger charge is -2.26. The lowest BCUT2D eigenvalue weighted by atomic mass is 9.88. The van der Waals surface area contributed by atoms with E-state index in [1.165, 1.54) is 0 Å². The monoisotopic (exact) mass is 262 g/mol. The summed E-state index contributed by atoms with van der Waals surface area (Å²) in [6.07, 6.45) is 5.94. The molecule has 1 aliphatic carbocycles. The van der Waals surface area contributed by atoms with Crippen LogP contribution < -0.4 is 10.0 Å². The Bertz CT molecular complexity index is 296. The van der Waals surface area contributed by atoms with Crippen LogP contribution in [-0.2, 0) is 10.0 Å². The Labute approximate surface area is 106 Å². The molecule has 0 saturated heterocycles. The molecule has 5 heteroatoms. The van der Waals surface area contributed by atoms with E-state index < -0.39 is 10.0 Å². The molecule has 0 spiro atoms. The van der Waals surface area contributed by atoms with Gasteiger partial charge in [-0.1, -0.05) is 6.92 Å². The normalized spacial score (nSPS) is 26.0. The molecule has 2 N–H and O–H groups in total. The second-order valence-corrected chi connectivity index (χ2v) is 7.08. The maximum atomic E-state index is 11.8. The van der Waals surface area contributed by atoms with Gasteiger partial charge in [-0.25, -0.2) is 13.1 Å². The molecule has 1 fully saturated rings. The molecule has 1 aliphatic rings. The lowest BCUT2D eigenvalue weighted by Crippen LogP contribution is -2.38. The third-order valence-corrected chi connectivity index (χ3v) is 4.97. The van der Waals surface area contributed by atoms with Crippen molar-refractivity contribution in [2.24, 2.45) is 5.92 Å². The van der Waals surface area contributed by atoms with Crippen molar-refractivity contribution >= 4 is 10.0 Å². The Hall–Kier alpha value is -0.130. The molecule has 0 aromatic rings. The minimum atomic E-state index is -3.06. The van der Waals surface area contributed by atoms with Crippen molar-refractivity contribution in [2.45, 2.75) is 51.5 Å². The number of unbranched alkanes of at least 4 members (excludes halogenated alkanes) is 1. The average molecular weight is 262 g/mol. The highest BCUT2D eigenvalue weighted by molar-refractivity contribution is 7.89. The molecule has 0 atom stereocenters. The molecule has 17 heavy (non-hydrogen) atoms. The second kappa shape index (κ2) is 7.34. The van der Waals surface area contributed by atoms with Crippen molar-refractivity contribution in [2.75, 3.05) is 19.3 Å². The van der Waals surface area contributed by atoms with Crippen LogP contribution in [0.2, 0.25) is 0 Å². The number of rotatable bonds is 7. The van der Waals surface area contributed by atoms with E-state index in [1.807, 2.05) is 7.05 Å². The largest absolute Gasteiger partial charge is 0.320 e. The van der Waals surface area contributed by atoms with Crippen LogP contribution in [0.15, 0.2) is 0 Å².